The average Bonchev–Trinajstić information content (AvgIpc) is 2.76. The summed E-state index contributed by atoms with van der Waals surface area (Å²) in [5.74, 6) is 0.947. The van der Waals surface area contributed by atoms with E-state index in [-0.39, 0.29) is 0 Å². The Morgan fingerprint density at radius 1 is 1.29 bits per heavy atom. The van der Waals surface area contributed by atoms with E-state index in [2.05, 4.69) is 41.3 Å². The van der Waals surface area contributed by atoms with Gasteiger partial charge in [-0.25, -0.2) is 9.97 Å². The van der Waals surface area contributed by atoms with E-state index in [0.29, 0.717) is 0 Å². The largest absolute Gasteiger partial charge is 0.373 e. The Balaban J connectivity index is 2.52. The van der Waals surface area contributed by atoms with Crippen LogP contribution in [-0.4, -0.2) is 17.0 Å². The average molecular weight is 247 g/mol. The van der Waals surface area contributed by atoms with Crippen LogP contribution in [0.1, 0.15) is 23.8 Å². The summed E-state index contributed by atoms with van der Waals surface area (Å²) in [5.41, 5.74) is 2.30. The second-order valence-corrected chi connectivity index (χ2v) is 5.25. The van der Waals surface area contributed by atoms with Crippen molar-refractivity contribution in [1.29, 1.82) is 0 Å². The molecule has 1 N–H and O–H groups in total. The van der Waals surface area contributed by atoms with Gasteiger partial charge in [0.15, 0.2) is 0 Å². The first-order valence-corrected chi connectivity index (χ1v) is 6.66. The van der Waals surface area contributed by atoms with Crippen LogP contribution in [0.25, 0.3) is 10.6 Å². The fourth-order valence-corrected chi connectivity index (χ4v) is 2.78. The molecule has 17 heavy (non-hydrogen) atoms. The maximum Gasteiger partial charge on any atom is 0.132 e. The van der Waals surface area contributed by atoms with Crippen LogP contribution in [-0.2, 0) is 6.42 Å². The van der Waals surface area contributed by atoms with Crippen LogP contribution < -0.4 is 5.32 Å². The van der Waals surface area contributed by atoms with Gasteiger partial charge in [0.05, 0.1) is 10.6 Å². The highest BCUT2D eigenvalue weighted by atomic mass is 32.1. The summed E-state index contributed by atoms with van der Waals surface area (Å²) < 4.78 is 0. The molecule has 4 heteroatoms. The van der Waals surface area contributed by atoms with Crippen molar-refractivity contribution < 1.29 is 0 Å². The quantitative estimate of drug-likeness (QED) is 0.898. The number of nitrogens with zero attached hydrogens (tertiary/aromatic N) is 2. The highest BCUT2D eigenvalue weighted by Crippen LogP contribution is 2.31. The Morgan fingerprint density at radius 3 is 2.71 bits per heavy atom. The van der Waals surface area contributed by atoms with Gasteiger partial charge in [-0.3, -0.25) is 0 Å². The van der Waals surface area contributed by atoms with E-state index in [1.165, 1.54) is 15.3 Å². The first-order valence-electron chi connectivity index (χ1n) is 5.84. The fourth-order valence-electron chi connectivity index (χ4n) is 1.89. The highest BCUT2D eigenvalue weighted by molar-refractivity contribution is 7.15. The van der Waals surface area contributed by atoms with Crippen molar-refractivity contribution in [2.75, 3.05) is 12.4 Å². The predicted molar refractivity (Wildman–Crippen MR) is 73.6 cm³/mol. The molecule has 0 saturated carbocycles. The van der Waals surface area contributed by atoms with E-state index in [4.69, 9.17) is 0 Å². The van der Waals surface area contributed by atoms with Crippen LogP contribution in [0.3, 0.4) is 0 Å². The monoisotopic (exact) mass is 247 g/mol. The van der Waals surface area contributed by atoms with Crippen LogP contribution in [0.5, 0.6) is 0 Å². The van der Waals surface area contributed by atoms with Gasteiger partial charge in [0.1, 0.15) is 12.1 Å². The summed E-state index contributed by atoms with van der Waals surface area (Å²) in [5, 5.41) is 3.15. The van der Waals surface area contributed by atoms with Gasteiger partial charge in [-0.2, -0.15) is 0 Å². The molecular formula is C13H17N3S. The van der Waals surface area contributed by atoms with Crippen molar-refractivity contribution >= 4 is 17.2 Å². The number of rotatable bonds is 4. The minimum atomic E-state index is 0.947. The topological polar surface area (TPSA) is 37.8 Å². The molecule has 0 unspecified atom stereocenters. The van der Waals surface area contributed by atoms with E-state index in [0.717, 1.165) is 24.4 Å². The molecule has 0 fully saturated rings. The predicted octanol–water partition coefficient (Wildman–Crippen LogP) is 3.51. The molecular weight excluding hydrogens is 230 g/mol. The van der Waals surface area contributed by atoms with Crippen LogP contribution in [0.15, 0.2) is 18.5 Å². The van der Waals surface area contributed by atoms with Gasteiger partial charge in [-0.05, 0) is 25.5 Å². The second kappa shape index (κ2) is 5.27. The molecule has 0 bridgehead atoms. The first-order chi connectivity index (χ1) is 8.26. The number of hydrogen-bond donors (Lipinski definition) is 1. The molecule has 0 spiro atoms. The number of aromatic nitrogens is 2. The van der Waals surface area contributed by atoms with Gasteiger partial charge in [0, 0.05) is 17.5 Å². The van der Waals surface area contributed by atoms with Crippen molar-refractivity contribution in [2.45, 2.75) is 26.7 Å². The molecule has 0 saturated heterocycles. The molecule has 0 aromatic carbocycles. The van der Waals surface area contributed by atoms with Crippen molar-refractivity contribution in [1.82, 2.24) is 9.97 Å². The third-order valence-electron chi connectivity index (χ3n) is 2.66. The van der Waals surface area contributed by atoms with E-state index in [1.54, 1.807) is 17.7 Å². The molecule has 90 valence electrons. The summed E-state index contributed by atoms with van der Waals surface area (Å²) in [7, 11) is 1.91. The maximum absolute atomic E-state index is 4.45. The minimum Gasteiger partial charge on any atom is -0.373 e. The summed E-state index contributed by atoms with van der Waals surface area (Å²) in [4.78, 5) is 11.3. The smallest absolute Gasteiger partial charge is 0.132 e. The van der Waals surface area contributed by atoms with Crippen LogP contribution >= 0.6 is 11.3 Å². The summed E-state index contributed by atoms with van der Waals surface area (Å²) in [6.07, 6.45) is 3.73. The van der Waals surface area contributed by atoms with Crippen LogP contribution in [0, 0.1) is 6.92 Å². The molecule has 0 amide bonds. The molecule has 0 aliphatic heterocycles. The Kier molecular flexibility index (Phi) is 3.74. The Morgan fingerprint density at radius 2 is 2.12 bits per heavy atom. The second-order valence-electron chi connectivity index (χ2n) is 3.96. The van der Waals surface area contributed by atoms with Gasteiger partial charge in [0.2, 0.25) is 0 Å². The number of hydrogen-bond acceptors (Lipinski definition) is 4. The van der Waals surface area contributed by atoms with Gasteiger partial charge in [-0.1, -0.05) is 13.3 Å². The lowest BCUT2D eigenvalue weighted by Gasteiger charge is -2.10. The zero-order valence-corrected chi connectivity index (χ0v) is 11.3. The SMILES string of the molecule is CCCc1c(NC)ncnc1-c1ccc(C)s1. The molecule has 3 nitrogen and oxygen atoms in total. The van der Waals surface area contributed by atoms with Crippen molar-refractivity contribution in [3.05, 3.63) is 28.9 Å². The van der Waals surface area contributed by atoms with Gasteiger partial charge in [-0.15, -0.1) is 11.3 Å². The fraction of sp³-hybridized carbons (Fsp3) is 0.385. The van der Waals surface area contributed by atoms with Crippen molar-refractivity contribution in [2.24, 2.45) is 0 Å². The lowest BCUT2D eigenvalue weighted by atomic mass is 10.1. The number of nitrogens with one attached hydrogen (secondary N) is 1. The third kappa shape index (κ3) is 2.47. The first kappa shape index (κ1) is 12.0. The molecule has 2 heterocycles. The lowest BCUT2D eigenvalue weighted by Crippen LogP contribution is -2.02. The number of aryl methyl sites for hydroxylation is 1. The van der Waals surface area contributed by atoms with E-state index >= 15 is 0 Å². The van der Waals surface area contributed by atoms with E-state index < -0.39 is 0 Å². The van der Waals surface area contributed by atoms with Gasteiger partial charge >= 0.3 is 0 Å². The van der Waals surface area contributed by atoms with Crippen LogP contribution in [0.4, 0.5) is 5.82 Å². The molecule has 0 radical (unpaired) electrons. The zero-order valence-electron chi connectivity index (χ0n) is 10.4. The van der Waals surface area contributed by atoms with Crippen molar-refractivity contribution in [3.8, 4) is 10.6 Å². The van der Waals surface area contributed by atoms with E-state index in [9.17, 15) is 0 Å². The molecule has 2 aromatic rings. The standard InChI is InChI=1S/C13H17N3S/c1-4-5-10-12(11-7-6-9(2)17-11)15-8-16-13(10)14-3/h6-8H,4-5H2,1-3H3,(H,14,15,16). The molecule has 0 aliphatic rings. The van der Waals surface area contributed by atoms with E-state index in [1.807, 2.05) is 7.05 Å². The Bertz CT molecular complexity index is 505. The number of anilines is 1. The van der Waals surface area contributed by atoms with Gasteiger partial charge < -0.3 is 5.32 Å². The zero-order chi connectivity index (χ0) is 12.3. The highest BCUT2D eigenvalue weighted by Gasteiger charge is 2.12. The normalized spacial score (nSPS) is 10.5. The minimum absolute atomic E-state index is 0.947. The molecule has 2 aromatic heterocycles. The molecule has 0 aliphatic carbocycles. The molecule has 2 rings (SSSR count). The van der Waals surface area contributed by atoms with Crippen molar-refractivity contribution in [3.63, 3.8) is 0 Å². The van der Waals surface area contributed by atoms with Gasteiger partial charge in [0.25, 0.3) is 0 Å². The number of thiophene rings is 1. The third-order valence-corrected chi connectivity index (χ3v) is 3.66. The lowest BCUT2D eigenvalue weighted by molar-refractivity contribution is 0.906. The van der Waals surface area contributed by atoms with Crippen LogP contribution in [0.2, 0.25) is 0 Å². The molecule has 0 atom stereocenters. The summed E-state index contributed by atoms with van der Waals surface area (Å²) in [6.45, 7) is 4.30. The summed E-state index contributed by atoms with van der Waals surface area (Å²) >= 11 is 1.78. The Hall–Kier alpha value is -1.42. The maximum atomic E-state index is 4.45. The summed E-state index contributed by atoms with van der Waals surface area (Å²) in [6, 6.07) is 4.28. The Labute approximate surface area is 106 Å².